The van der Waals surface area contributed by atoms with E-state index in [1.165, 1.54) is 11.8 Å². The first-order valence-corrected chi connectivity index (χ1v) is 10.4. The van der Waals surface area contributed by atoms with Gasteiger partial charge in [-0.1, -0.05) is 47.5 Å². The molecule has 6 heteroatoms. The molecule has 0 aromatic heterocycles. The molecule has 0 unspecified atom stereocenters. The minimum Gasteiger partial charge on any atom is -0.489 e. The Balaban J connectivity index is 1.43. The van der Waals surface area contributed by atoms with Gasteiger partial charge in [0.05, 0.1) is 6.21 Å². The van der Waals surface area contributed by atoms with E-state index >= 15 is 0 Å². The maximum atomic E-state index is 12.1. The van der Waals surface area contributed by atoms with Crippen molar-refractivity contribution in [3.8, 4) is 5.75 Å². The first kappa shape index (κ1) is 22.7. The molecule has 0 aliphatic heterocycles. The number of amides is 2. The van der Waals surface area contributed by atoms with Gasteiger partial charge in [0, 0.05) is 5.69 Å². The largest absolute Gasteiger partial charge is 0.489 e. The van der Waals surface area contributed by atoms with Crippen molar-refractivity contribution in [1.29, 1.82) is 0 Å². The molecule has 2 amide bonds. The number of hydrazone groups is 1. The summed E-state index contributed by atoms with van der Waals surface area (Å²) in [5.74, 6) is -0.129. The van der Waals surface area contributed by atoms with Crippen molar-refractivity contribution in [1.82, 2.24) is 5.43 Å². The number of anilines is 1. The predicted molar refractivity (Wildman–Crippen MR) is 127 cm³/mol. The summed E-state index contributed by atoms with van der Waals surface area (Å²) in [6, 6.07) is 21.3. The first-order valence-electron chi connectivity index (χ1n) is 10.4. The molecule has 0 radical (unpaired) electrons. The molecule has 0 fully saturated rings. The molecule has 0 atom stereocenters. The van der Waals surface area contributed by atoms with Gasteiger partial charge in [0.25, 0.3) is 0 Å². The fourth-order valence-corrected chi connectivity index (χ4v) is 3.01. The van der Waals surface area contributed by atoms with Gasteiger partial charge in [-0.3, -0.25) is 9.59 Å². The van der Waals surface area contributed by atoms with Gasteiger partial charge in [0.1, 0.15) is 18.8 Å². The Labute approximate surface area is 188 Å². The fraction of sp³-hybridized carbons (Fsp3) is 0.192. The van der Waals surface area contributed by atoms with Crippen LogP contribution in [0.15, 0.2) is 71.8 Å². The molecule has 0 saturated carbocycles. The van der Waals surface area contributed by atoms with Gasteiger partial charge < -0.3 is 10.1 Å². The summed E-state index contributed by atoms with van der Waals surface area (Å²) in [6.07, 6.45) is 1.21. The SMILES string of the molecule is Cc1ccc(COc2ccc(C=NNC(=O)CC(=O)Nc3ccc(C)cc3C)cc2)cc1. The second kappa shape index (κ2) is 10.9. The van der Waals surface area contributed by atoms with Gasteiger partial charge in [0.2, 0.25) is 11.8 Å². The van der Waals surface area contributed by atoms with Gasteiger partial charge in [0.15, 0.2) is 0 Å². The summed E-state index contributed by atoms with van der Waals surface area (Å²) in [5.41, 5.74) is 8.24. The molecule has 164 valence electrons. The second-order valence-electron chi connectivity index (χ2n) is 7.68. The molecule has 6 nitrogen and oxygen atoms in total. The highest BCUT2D eigenvalue weighted by Crippen LogP contribution is 2.16. The van der Waals surface area contributed by atoms with Crippen LogP contribution < -0.4 is 15.5 Å². The maximum Gasteiger partial charge on any atom is 0.249 e. The Hall–Kier alpha value is -3.93. The zero-order valence-electron chi connectivity index (χ0n) is 18.5. The third-order valence-electron chi connectivity index (χ3n) is 4.79. The highest BCUT2D eigenvalue weighted by molar-refractivity contribution is 6.04. The minimum absolute atomic E-state index is 0.309. The van der Waals surface area contributed by atoms with E-state index in [2.05, 4.69) is 28.0 Å². The van der Waals surface area contributed by atoms with Crippen molar-refractivity contribution in [2.45, 2.75) is 33.8 Å². The van der Waals surface area contributed by atoms with Crippen LogP contribution in [0, 0.1) is 20.8 Å². The zero-order valence-corrected chi connectivity index (χ0v) is 18.5. The maximum absolute atomic E-state index is 12.1. The number of nitrogens with one attached hydrogen (secondary N) is 2. The molecule has 32 heavy (non-hydrogen) atoms. The van der Waals surface area contributed by atoms with Crippen LogP contribution in [-0.4, -0.2) is 18.0 Å². The van der Waals surface area contributed by atoms with Crippen LogP contribution in [0.5, 0.6) is 5.75 Å². The van der Waals surface area contributed by atoms with E-state index in [9.17, 15) is 9.59 Å². The van der Waals surface area contributed by atoms with Gasteiger partial charge in [-0.25, -0.2) is 5.43 Å². The van der Waals surface area contributed by atoms with Crippen molar-refractivity contribution < 1.29 is 14.3 Å². The Morgan fingerprint density at radius 1 is 0.875 bits per heavy atom. The summed E-state index contributed by atoms with van der Waals surface area (Å²) in [5, 5.41) is 6.66. The normalized spacial score (nSPS) is 10.7. The quantitative estimate of drug-likeness (QED) is 0.310. The van der Waals surface area contributed by atoms with Crippen molar-refractivity contribution in [3.05, 3.63) is 94.5 Å². The van der Waals surface area contributed by atoms with E-state index in [1.807, 2.05) is 75.4 Å². The highest BCUT2D eigenvalue weighted by atomic mass is 16.5. The molecular weight excluding hydrogens is 402 g/mol. The van der Waals surface area contributed by atoms with Crippen LogP contribution in [0.4, 0.5) is 5.69 Å². The smallest absolute Gasteiger partial charge is 0.249 e. The first-order chi connectivity index (χ1) is 15.4. The van der Waals surface area contributed by atoms with E-state index in [0.29, 0.717) is 12.3 Å². The number of nitrogens with zero attached hydrogens (tertiary/aromatic N) is 1. The molecule has 0 aliphatic rings. The summed E-state index contributed by atoms with van der Waals surface area (Å²) < 4.78 is 5.78. The Morgan fingerprint density at radius 3 is 2.25 bits per heavy atom. The molecule has 0 heterocycles. The number of hydrogen-bond acceptors (Lipinski definition) is 4. The lowest BCUT2D eigenvalue weighted by Gasteiger charge is -2.08. The number of hydrogen-bond donors (Lipinski definition) is 2. The predicted octanol–water partition coefficient (Wildman–Crippen LogP) is 4.67. The highest BCUT2D eigenvalue weighted by Gasteiger charge is 2.10. The van der Waals surface area contributed by atoms with Crippen LogP contribution in [0.25, 0.3) is 0 Å². The second-order valence-corrected chi connectivity index (χ2v) is 7.68. The minimum atomic E-state index is -0.485. The van der Waals surface area contributed by atoms with E-state index in [0.717, 1.165) is 28.0 Å². The van der Waals surface area contributed by atoms with Crippen LogP contribution in [0.2, 0.25) is 0 Å². The van der Waals surface area contributed by atoms with Crippen molar-refractivity contribution in [2.75, 3.05) is 5.32 Å². The third kappa shape index (κ3) is 7.09. The lowest BCUT2D eigenvalue weighted by Crippen LogP contribution is -2.24. The molecule has 0 aliphatic carbocycles. The molecule has 0 bridgehead atoms. The number of carbonyl (C=O) groups excluding carboxylic acids is 2. The average molecular weight is 430 g/mol. The molecule has 3 aromatic carbocycles. The average Bonchev–Trinajstić information content (AvgIpc) is 2.76. The third-order valence-corrected chi connectivity index (χ3v) is 4.79. The molecule has 2 N–H and O–H groups in total. The van der Waals surface area contributed by atoms with Gasteiger partial charge in [-0.05, 0) is 67.8 Å². The van der Waals surface area contributed by atoms with Gasteiger partial charge in [-0.2, -0.15) is 5.10 Å². The molecule has 0 spiro atoms. The van der Waals surface area contributed by atoms with Crippen molar-refractivity contribution in [2.24, 2.45) is 5.10 Å². The van der Waals surface area contributed by atoms with Crippen LogP contribution in [0.1, 0.15) is 34.2 Å². The Morgan fingerprint density at radius 2 is 1.56 bits per heavy atom. The number of aryl methyl sites for hydroxylation is 3. The lowest BCUT2D eigenvalue weighted by molar-refractivity contribution is -0.126. The number of rotatable bonds is 8. The van der Waals surface area contributed by atoms with E-state index < -0.39 is 5.91 Å². The zero-order chi connectivity index (χ0) is 22.9. The number of benzene rings is 3. The molecular formula is C26H27N3O3. The standard InChI is InChI=1S/C26H27N3O3/c1-18-4-7-22(8-5-18)17-32-23-11-9-21(10-12-23)16-27-29-26(31)15-25(30)28-24-13-6-19(2)14-20(24)3/h4-14,16H,15,17H2,1-3H3,(H,28,30)(H,29,31). The van der Waals surface area contributed by atoms with Crippen molar-refractivity contribution in [3.63, 3.8) is 0 Å². The lowest BCUT2D eigenvalue weighted by atomic mass is 10.1. The molecule has 3 rings (SSSR count). The Bertz CT molecular complexity index is 1100. The van der Waals surface area contributed by atoms with E-state index in [4.69, 9.17) is 4.74 Å². The van der Waals surface area contributed by atoms with Crippen molar-refractivity contribution >= 4 is 23.7 Å². The summed E-state index contributed by atoms with van der Waals surface area (Å²) in [6.45, 7) is 6.43. The number of carbonyl (C=O) groups is 2. The van der Waals surface area contributed by atoms with Crippen LogP contribution in [0.3, 0.4) is 0 Å². The topological polar surface area (TPSA) is 79.8 Å². The number of ether oxygens (including phenoxy) is 1. The monoisotopic (exact) mass is 429 g/mol. The Kier molecular flexibility index (Phi) is 7.75. The fourth-order valence-electron chi connectivity index (χ4n) is 3.01. The van der Waals surface area contributed by atoms with E-state index in [-0.39, 0.29) is 12.3 Å². The molecule has 0 saturated heterocycles. The summed E-state index contributed by atoms with van der Waals surface area (Å²) >= 11 is 0. The summed E-state index contributed by atoms with van der Waals surface area (Å²) in [4.78, 5) is 24.0. The van der Waals surface area contributed by atoms with Gasteiger partial charge in [-0.15, -0.1) is 0 Å². The van der Waals surface area contributed by atoms with Crippen LogP contribution >= 0.6 is 0 Å². The summed E-state index contributed by atoms with van der Waals surface area (Å²) in [7, 11) is 0. The molecule has 3 aromatic rings. The van der Waals surface area contributed by atoms with Crippen LogP contribution in [-0.2, 0) is 16.2 Å². The van der Waals surface area contributed by atoms with Gasteiger partial charge >= 0.3 is 0 Å². The van der Waals surface area contributed by atoms with E-state index in [1.54, 1.807) is 0 Å².